The molecule has 0 spiro atoms. The third-order valence-corrected chi connectivity index (χ3v) is 2.09. The van der Waals surface area contributed by atoms with Crippen LogP contribution in [0.3, 0.4) is 0 Å². The van der Waals surface area contributed by atoms with Crippen LogP contribution in [-0.2, 0) is 4.79 Å². The summed E-state index contributed by atoms with van der Waals surface area (Å²) in [4.78, 5) is 15.1. The molecule has 0 saturated heterocycles. The molecule has 0 aliphatic heterocycles. The van der Waals surface area contributed by atoms with Crippen LogP contribution in [0.5, 0.6) is 0 Å². The highest BCUT2D eigenvalue weighted by atomic mass is 19.2. The number of anilines is 1. The second-order valence-electron chi connectivity index (χ2n) is 3.75. The molecule has 1 rings (SSSR count). The van der Waals surface area contributed by atoms with Gasteiger partial charge in [0, 0.05) is 12.1 Å². The lowest BCUT2D eigenvalue weighted by molar-refractivity contribution is -0.116. The number of halogens is 3. The molecule has 2 N–H and O–H groups in total. The predicted octanol–water partition coefficient (Wildman–Crippen LogP) is 1.20. The molecule has 17 heavy (non-hydrogen) atoms. The summed E-state index contributed by atoms with van der Waals surface area (Å²) in [7, 11) is 0. The average Bonchev–Trinajstić information content (AvgIpc) is 2.20. The van der Waals surface area contributed by atoms with Crippen molar-refractivity contribution < 1.29 is 18.0 Å². The second kappa shape index (κ2) is 5.03. The van der Waals surface area contributed by atoms with E-state index in [-0.39, 0.29) is 12.6 Å². The van der Waals surface area contributed by atoms with Crippen LogP contribution in [0.2, 0.25) is 0 Å². The maximum atomic E-state index is 13.4. The van der Waals surface area contributed by atoms with Gasteiger partial charge in [0.15, 0.2) is 17.5 Å². The molecule has 0 atom stereocenters. The van der Waals surface area contributed by atoms with Crippen molar-refractivity contribution in [1.29, 1.82) is 0 Å². The monoisotopic (exact) mass is 247 g/mol. The van der Waals surface area contributed by atoms with E-state index in [2.05, 4.69) is 4.98 Å². The summed E-state index contributed by atoms with van der Waals surface area (Å²) in [6, 6.07) is 0.0444. The number of nitrogens with two attached hydrogens (primary N) is 1. The Hall–Kier alpha value is -1.79. The van der Waals surface area contributed by atoms with Gasteiger partial charge in [-0.15, -0.1) is 0 Å². The Bertz CT molecular complexity index is 437. The molecule has 1 aromatic rings. The van der Waals surface area contributed by atoms with E-state index < -0.39 is 29.3 Å². The zero-order chi connectivity index (χ0) is 13.2. The highest BCUT2D eigenvalue weighted by Gasteiger charge is 2.21. The fourth-order valence-corrected chi connectivity index (χ4v) is 1.31. The van der Waals surface area contributed by atoms with Crippen molar-refractivity contribution in [3.8, 4) is 0 Å². The number of aromatic nitrogens is 1. The lowest BCUT2D eigenvalue weighted by atomic mass is 10.3. The van der Waals surface area contributed by atoms with Gasteiger partial charge in [-0.05, 0) is 13.8 Å². The molecule has 0 unspecified atom stereocenters. The number of pyridine rings is 1. The Morgan fingerprint density at radius 2 is 2.00 bits per heavy atom. The minimum absolute atomic E-state index is 0.327. The van der Waals surface area contributed by atoms with Crippen molar-refractivity contribution in [3.05, 3.63) is 23.6 Å². The number of hydrogen-bond donors (Lipinski definition) is 1. The van der Waals surface area contributed by atoms with Crippen molar-refractivity contribution in [2.75, 3.05) is 11.4 Å². The summed E-state index contributed by atoms with van der Waals surface area (Å²) in [6.45, 7) is 2.96. The number of nitrogens with zero attached hydrogens (tertiary/aromatic N) is 2. The zero-order valence-corrected chi connectivity index (χ0v) is 9.38. The molecule has 0 saturated carbocycles. The quantitative estimate of drug-likeness (QED) is 0.813. The molecule has 1 heterocycles. The summed E-state index contributed by atoms with van der Waals surface area (Å²) < 4.78 is 39.1. The van der Waals surface area contributed by atoms with Gasteiger partial charge in [0.2, 0.25) is 5.91 Å². The van der Waals surface area contributed by atoms with Gasteiger partial charge >= 0.3 is 0 Å². The molecule has 0 bridgehead atoms. The summed E-state index contributed by atoms with van der Waals surface area (Å²) in [5.41, 5.74) is 4.99. The smallest absolute Gasteiger partial charge is 0.251 e. The first-order valence-corrected chi connectivity index (χ1v) is 4.89. The van der Waals surface area contributed by atoms with E-state index in [1.54, 1.807) is 13.8 Å². The number of amides is 1. The van der Waals surface area contributed by atoms with Crippen LogP contribution in [-0.4, -0.2) is 23.5 Å². The first kappa shape index (κ1) is 13.3. The van der Waals surface area contributed by atoms with E-state index in [0.29, 0.717) is 6.07 Å². The van der Waals surface area contributed by atoms with Crippen LogP contribution >= 0.6 is 0 Å². The molecule has 0 fully saturated rings. The molecule has 0 aromatic carbocycles. The molecule has 0 radical (unpaired) electrons. The summed E-state index contributed by atoms with van der Waals surface area (Å²) in [5.74, 6) is -4.99. The number of hydrogen-bond acceptors (Lipinski definition) is 3. The van der Waals surface area contributed by atoms with E-state index in [1.165, 1.54) is 0 Å². The van der Waals surface area contributed by atoms with Gasteiger partial charge in [-0.25, -0.2) is 8.78 Å². The molecule has 94 valence electrons. The van der Waals surface area contributed by atoms with Crippen LogP contribution in [0.4, 0.5) is 19.0 Å². The van der Waals surface area contributed by atoms with E-state index in [0.717, 1.165) is 4.90 Å². The van der Waals surface area contributed by atoms with Crippen LogP contribution < -0.4 is 10.6 Å². The minimum Gasteiger partial charge on any atom is -0.368 e. The number of carbonyl (C=O) groups is 1. The second-order valence-corrected chi connectivity index (χ2v) is 3.75. The van der Waals surface area contributed by atoms with E-state index in [4.69, 9.17) is 5.73 Å². The van der Waals surface area contributed by atoms with Gasteiger partial charge < -0.3 is 10.6 Å². The fraction of sp³-hybridized carbons (Fsp3) is 0.400. The third-order valence-electron chi connectivity index (χ3n) is 2.09. The first-order chi connectivity index (χ1) is 7.82. The SMILES string of the molecule is CC(C)N(CC(N)=O)c1nc(F)c(F)cc1F. The predicted molar refractivity (Wildman–Crippen MR) is 55.8 cm³/mol. The first-order valence-electron chi connectivity index (χ1n) is 4.89. The lowest BCUT2D eigenvalue weighted by Crippen LogP contribution is -2.39. The van der Waals surface area contributed by atoms with Gasteiger partial charge in [-0.1, -0.05) is 0 Å². The maximum absolute atomic E-state index is 13.4. The summed E-state index contributed by atoms with van der Waals surface area (Å²) in [5, 5.41) is 0. The highest BCUT2D eigenvalue weighted by molar-refractivity contribution is 5.79. The van der Waals surface area contributed by atoms with Crippen molar-refractivity contribution in [2.24, 2.45) is 5.73 Å². The van der Waals surface area contributed by atoms with Crippen LogP contribution in [0.1, 0.15) is 13.8 Å². The molecular weight excluding hydrogens is 235 g/mol. The Morgan fingerprint density at radius 3 is 2.47 bits per heavy atom. The molecule has 0 aliphatic carbocycles. The number of rotatable bonds is 4. The molecule has 4 nitrogen and oxygen atoms in total. The maximum Gasteiger partial charge on any atom is 0.251 e. The third kappa shape index (κ3) is 3.08. The Kier molecular flexibility index (Phi) is 3.93. The Balaban J connectivity index is 3.18. The van der Waals surface area contributed by atoms with Gasteiger partial charge in [0.1, 0.15) is 0 Å². The molecule has 7 heteroatoms. The van der Waals surface area contributed by atoms with Crippen molar-refractivity contribution in [3.63, 3.8) is 0 Å². The normalized spacial score (nSPS) is 10.7. The zero-order valence-electron chi connectivity index (χ0n) is 9.38. The fourth-order valence-electron chi connectivity index (χ4n) is 1.31. The van der Waals surface area contributed by atoms with Crippen LogP contribution in [0.15, 0.2) is 6.07 Å². The van der Waals surface area contributed by atoms with Crippen LogP contribution in [0, 0.1) is 17.6 Å². The van der Waals surface area contributed by atoms with Gasteiger partial charge in [-0.3, -0.25) is 4.79 Å². The highest BCUT2D eigenvalue weighted by Crippen LogP contribution is 2.20. The Morgan fingerprint density at radius 1 is 1.41 bits per heavy atom. The minimum atomic E-state index is -1.42. The topological polar surface area (TPSA) is 59.2 Å². The van der Waals surface area contributed by atoms with E-state index >= 15 is 0 Å². The number of primary amides is 1. The number of carbonyl (C=O) groups excluding carboxylic acids is 1. The van der Waals surface area contributed by atoms with Crippen molar-refractivity contribution in [2.45, 2.75) is 19.9 Å². The molecule has 0 aliphatic rings. The van der Waals surface area contributed by atoms with E-state index in [1.807, 2.05) is 0 Å². The lowest BCUT2D eigenvalue weighted by Gasteiger charge is -2.26. The van der Waals surface area contributed by atoms with Gasteiger partial charge in [0.25, 0.3) is 5.95 Å². The van der Waals surface area contributed by atoms with Gasteiger partial charge in [-0.2, -0.15) is 9.37 Å². The molecule has 1 aromatic heterocycles. The largest absolute Gasteiger partial charge is 0.368 e. The molecule has 1 amide bonds. The van der Waals surface area contributed by atoms with Crippen molar-refractivity contribution in [1.82, 2.24) is 4.98 Å². The summed E-state index contributed by atoms with van der Waals surface area (Å²) in [6.07, 6.45) is 0. The van der Waals surface area contributed by atoms with Crippen molar-refractivity contribution >= 4 is 11.7 Å². The molecular formula is C10H12F3N3O. The summed E-state index contributed by atoms with van der Waals surface area (Å²) >= 11 is 0. The van der Waals surface area contributed by atoms with Gasteiger partial charge in [0.05, 0.1) is 6.54 Å². The van der Waals surface area contributed by atoms with Crippen LogP contribution in [0.25, 0.3) is 0 Å². The average molecular weight is 247 g/mol. The Labute approximate surface area is 96.2 Å². The standard InChI is InChI=1S/C10H12F3N3O/c1-5(2)16(4-8(14)17)10-7(12)3-6(11)9(13)15-10/h3,5H,4H2,1-2H3,(H2,14,17). The van der Waals surface area contributed by atoms with E-state index in [9.17, 15) is 18.0 Å².